The van der Waals surface area contributed by atoms with Crippen LogP contribution in [0.1, 0.15) is 18.4 Å². The molecule has 3 N–H and O–H groups in total. The SMILES string of the molecule is NCCCCc1c(-c2cnc3ccccc3c2)[nH]c2ccc(Cl)cc12. The molecule has 0 unspecified atom stereocenters. The molecule has 0 aliphatic carbocycles. The van der Waals surface area contributed by atoms with Crippen LogP contribution in [0.15, 0.2) is 54.7 Å². The van der Waals surface area contributed by atoms with Crippen LogP contribution in [-0.4, -0.2) is 16.5 Å². The van der Waals surface area contributed by atoms with Gasteiger partial charge in [0.1, 0.15) is 0 Å². The molecule has 4 rings (SSSR count). The van der Waals surface area contributed by atoms with Gasteiger partial charge in [0.05, 0.1) is 11.2 Å². The second-order valence-electron chi connectivity index (χ2n) is 6.33. The Morgan fingerprint density at radius 1 is 1.04 bits per heavy atom. The zero-order chi connectivity index (χ0) is 17.2. The van der Waals surface area contributed by atoms with E-state index in [2.05, 4.69) is 22.1 Å². The van der Waals surface area contributed by atoms with E-state index in [0.717, 1.165) is 58.5 Å². The lowest BCUT2D eigenvalue weighted by Gasteiger charge is -2.06. The second-order valence-corrected chi connectivity index (χ2v) is 6.77. The smallest absolute Gasteiger partial charge is 0.0702 e. The molecule has 0 aliphatic heterocycles. The van der Waals surface area contributed by atoms with Crippen LogP contribution in [-0.2, 0) is 6.42 Å². The Labute approximate surface area is 151 Å². The minimum absolute atomic E-state index is 0.718. The number of halogens is 1. The number of fused-ring (bicyclic) bond motifs is 2. The molecule has 2 aromatic carbocycles. The lowest BCUT2D eigenvalue weighted by Crippen LogP contribution is -1.99. The van der Waals surface area contributed by atoms with Gasteiger partial charge in [-0.2, -0.15) is 0 Å². The molecular weight excluding hydrogens is 330 g/mol. The van der Waals surface area contributed by atoms with Gasteiger partial charge in [0, 0.05) is 33.1 Å². The summed E-state index contributed by atoms with van der Waals surface area (Å²) in [6, 6.07) is 16.4. The predicted molar refractivity (Wildman–Crippen MR) is 106 cm³/mol. The zero-order valence-corrected chi connectivity index (χ0v) is 14.7. The van der Waals surface area contributed by atoms with Crippen LogP contribution in [0.2, 0.25) is 5.02 Å². The summed E-state index contributed by atoms with van der Waals surface area (Å²) in [7, 11) is 0. The van der Waals surface area contributed by atoms with Crippen molar-refractivity contribution in [2.75, 3.05) is 6.54 Å². The molecule has 0 fully saturated rings. The quantitative estimate of drug-likeness (QED) is 0.479. The number of nitrogens with zero attached hydrogens (tertiary/aromatic N) is 1. The van der Waals surface area contributed by atoms with Gasteiger partial charge in [-0.15, -0.1) is 0 Å². The Bertz CT molecular complexity index is 1040. The third kappa shape index (κ3) is 3.13. The maximum atomic E-state index is 6.24. The maximum Gasteiger partial charge on any atom is 0.0702 e. The molecule has 0 atom stereocenters. The highest BCUT2D eigenvalue weighted by Crippen LogP contribution is 2.33. The van der Waals surface area contributed by atoms with Crippen LogP contribution in [0.3, 0.4) is 0 Å². The van der Waals surface area contributed by atoms with Crippen molar-refractivity contribution in [3.05, 3.63) is 65.3 Å². The Kier molecular flexibility index (Phi) is 4.43. The number of hydrogen-bond acceptors (Lipinski definition) is 2. The molecule has 0 radical (unpaired) electrons. The number of rotatable bonds is 5. The van der Waals surface area contributed by atoms with Crippen molar-refractivity contribution in [3.63, 3.8) is 0 Å². The Morgan fingerprint density at radius 2 is 1.92 bits per heavy atom. The van der Waals surface area contributed by atoms with Crippen LogP contribution >= 0.6 is 11.6 Å². The lowest BCUT2D eigenvalue weighted by molar-refractivity contribution is 0.748. The van der Waals surface area contributed by atoms with E-state index in [4.69, 9.17) is 17.3 Å². The molecule has 4 aromatic rings. The number of aromatic amines is 1. The Hall–Kier alpha value is -2.36. The number of nitrogens with two attached hydrogens (primary N) is 1. The molecule has 4 heteroatoms. The van der Waals surface area contributed by atoms with Gasteiger partial charge >= 0.3 is 0 Å². The number of aromatic nitrogens is 2. The van der Waals surface area contributed by atoms with Gasteiger partial charge in [-0.3, -0.25) is 4.98 Å². The first-order chi connectivity index (χ1) is 12.3. The molecule has 0 spiro atoms. The van der Waals surface area contributed by atoms with E-state index in [1.165, 1.54) is 10.9 Å². The first-order valence-electron chi connectivity index (χ1n) is 8.61. The average Bonchev–Trinajstić information content (AvgIpc) is 2.99. The summed E-state index contributed by atoms with van der Waals surface area (Å²) in [6.45, 7) is 0.718. The number of para-hydroxylation sites is 1. The van der Waals surface area contributed by atoms with Crippen LogP contribution in [0.5, 0.6) is 0 Å². The van der Waals surface area contributed by atoms with Gasteiger partial charge in [-0.1, -0.05) is 29.8 Å². The number of unbranched alkanes of at least 4 members (excludes halogenated alkanes) is 1. The van der Waals surface area contributed by atoms with E-state index < -0.39 is 0 Å². The molecule has 3 nitrogen and oxygen atoms in total. The summed E-state index contributed by atoms with van der Waals surface area (Å²) in [6.07, 6.45) is 4.99. The van der Waals surface area contributed by atoms with E-state index in [1.54, 1.807) is 0 Å². The van der Waals surface area contributed by atoms with Gasteiger partial charge in [0.15, 0.2) is 0 Å². The van der Waals surface area contributed by atoms with Crippen LogP contribution in [0.4, 0.5) is 0 Å². The number of nitrogens with one attached hydrogen (secondary N) is 1. The molecule has 2 aromatic heterocycles. The number of benzene rings is 2. The Morgan fingerprint density at radius 3 is 2.80 bits per heavy atom. The lowest BCUT2D eigenvalue weighted by atomic mass is 10.0. The standard InChI is InChI=1S/C21H20ClN3/c22-16-8-9-20-18(12-16)17(6-3-4-10-23)21(25-20)15-11-14-5-1-2-7-19(14)24-13-15/h1-2,5,7-9,11-13,25H,3-4,6,10,23H2. The third-order valence-electron chi connectivity index (χ3n) is 4.63. The number of hydrogen-bond donors (Lipinski definition) is 2. The largest absolute Gasteiger partial charge is 0.354 e. The van der Waals surface area contributed by atoms with Crippen molar-refractivity contribution >= 4 is 33.4 Å². The molecule has 126 valence electrons. The summed E-state index contributed by atoms with van der Waals surface area (Å²) < 4.78 is 0. The number of pyridine rings is 1. The predicted octanol–water partition coefficient (Wildman–Crippen LogP) is 5.32. The first-order valence-corrected chi connectivity index (χ1v) is 8.99. The molecule has 0 saturated heterocycles. The fourth-order valence-electron chi connectivity index (χ4n) is 3.38. The summed E-state index contributed by atoms with van der Waals surface area (Å²) >= 11 is 6.24. The van der Waals surface area contributed by atoms with Crippen molar-refractivity contribution in [1.82, 2.24) is 9.97 Å². The van der Waals surface area contributed by atoms with Crippen LogP contribution in [0.25, 0.3) is 33.1 Å². The third-order valence-corrected chi connectivity index (χ3v) is 4.86. The molecule has 25 heavy (non-hydrogen) atoms. The highest BCUT2D eigenvalue weighted by molar-refractivity contribution is 6.31. The van der Waals surface area contributed by atoms with Gasteiger partial charge < -0.3 is 10.7 Å². The highest BCUT2D eigenvalue weighted by atomic mass is 35.5. The summed E-state index contributed by atoms with van der Waals surface area (Å²) in [4.78, 5) is 8.19. The monoisotopic (exact) mass is 349 g/mol. The van der Waals surface area contributed by atoms with E-state index in [-0.39, 0.29) is 0 Å². The molecule has 0 bridgehead atoms. The van der Waals surface area contributed by atoms with Crippen molar-refractivity contribution in [3.8, 4) is 11.3 Å². The topological polar surface area (TPSA) is 54.7 Å². The van der Waals surface area contributed by atoms with Gasteiger partial charge in [-0.25, -0.2) is 0 Å². The molecule has 0 saturated carbocycles. The molecular formula is C21H20ClN3. The van der Waals surface area contributed by atoms with Crippen molar-refractivity contribution in [1.29, 1.82) is 0 Å². The fraction of sp³-hybridized carbons (Fsp3) is 0.190. The molecule has 0 amide bonds. The minimum Gasteiger partial charge on any atom is -0.354 e. The van der Waals surface area contributed by atoms with Gasteiger partial charge in [0.25, 0.3) is 0 Å². The summed E-state index contributed by atoms with van der Waals surface area (Å²) in [5.74, 6) is 0. The van der Waals surface area contributed by atoms with E-state index in [1.807, 2.05) is 42.6 Å². The maximum absolute atomic E-state index is 6.24. The van der Waals surface area contributed by atoms with Gasteiger partial charge in [0.2, 0.25) is 0 Å². The van der Waals surface area contributed by atoms with Crippen LogP contribution in [0, 0.1) is 0 Å². The normalized spacial score (nSPS) is 11.4. The molecule has 2 heterocycles. The minimum atomic E-state index is 0.718. The van der Waals surface area contributed by atoms with Crippen molar-refractivity contribution < 1.29 is 0 Å². The Balaban J connectivity index is 1.87. The summed E-state index contributed by atoms with van der Waals surface area (Å²) in [5, 5.41) is 3.09. The number of H-pyrrole nitrogens is 1. The second kappa shape index (κ2) is 6.87. The van der Waals surface area contributed by atoms with E-state index in [9.17, 15) is 0 Å². The zero-order valence-electron chi connectivity index (χ0n) is 13.9. The van der Waals surface area contributed by atoms with E-state index in [0.29, 0.717) is 0 Å². The number of aryl methyl sites for hydroxylation is 1. The van der Waals surface area contributed by atoms with Crippen molar-refractivity contribution in [2.24, 2.45) is 5.73 Å². The highest BCUT2D eigenvalue weighted by Gasteiger charge is 2.14. The summed E-state index contributed by atoms with van der Waals surface area (Å²) in [5.41, 5.74) is 11.3. The van der Waals surface area contributed by atoms with Gasteiger partial charge in [-0.05, 0) is 61.7 Å². The van der Waals surface area contributed by atoms with Crippen molar-refractivity contribution in [2.45, 2.75) is 19.3 Å². The first kappa shape index (κ1) is 16.1. The fourth-order valence-corrected chi connectivity index (χ4v) is 3.55. The average molecular weight is 350 g/mol. The van der Waals surface area contributed by atoms with E-state index >= 15 is 0 Å². The molecule has 0 aliphatic rings. The van der Waals surface area contributed by atoms with Crippen LogP contribution < -0.4 is 5.73 Å².